The highest BCUT2D eigenvalue weighted by Crippen LogP contribution is 2.30. The molecule has 1 N–H and O–H groups in total. The average molecular weight is 707 g/mol. The Bertz CT molecular complexity index is 1890. The van der Waals surface area contributed by atoms with E-state index in [4.69, 9.17) is 16.3 Å². The predicted octanol–water partition coefficient (Wildman–Crippen LogP) is 6.17. The van der Waals surface area contributed by atoms with Crippen LogP contribution in [0.2, 0.25) is 5.02 Å². The lowest BCUT2D eigenvalue weighted by Gasteiger charge is -2.34. The Morgan fingerprint density at radius 1 is 0.959 bits per heavy atom. The minimum absolute atomic E-state index is 0.0996. The smallest absolute Gasteiger partial charge is 0.273 e. The SMILES string of the molecule is COc1ccc(N(CC(=O)N(Cc2ccccc2Cl)[C@H](Cc2ccccc2)C(=O)NCC(C)C)S(=O)(=O)c2ccc(C)c([N+](=O)[O-])c2)cc1. The van der Waals surface area contributed by atoms with E-state index in [1.165, 1.54) is 43.2 Å². The first-order valence-corrected chi connectivity index (χ1v) is 17.4. The van der Waals surface area contributed by atoms with Gasteiger partial charge in [-0.25, -0.2) is 8.42 Å². The first-order valence-electron chi connectivity index (χ1n) is 15.6. The fourth-order valence-corrected chi connectivity index (χ4v) is 6.77. The molecule has 0 unspecified atom stereocenters. The molecule has 0 aliphatic carbocycles. The lowest BCUT2D eigenvalue weighted by atomic mass is 10.0. The molecule has 49 heavy (non-hydrogen) atoms. The quantitative estimate of drug-likeness (QED) is 0.115. The number of methoxy groups -OCH3 is 1. The number of rotatable bonds is 15. The first kappa shape index (κ1) is 36.9. The van der Waals surface area contributed by atoms with E-state index in [9.17, 15) is 28.1 Å². The zero-order valence-electron chi connectivity index (χ0n) is 27.7. The number of carbonyl (C=O) groups is 2. The second kappa shape index (κ2) is 16.4. The van der Waals surface area contributed by atoms with Crippen molar-refractivity contribution < 1.29 is 27.7 Å². The molecular formula is C36H39ClN4O7S. The number of hydrogen-bond donors (Lipinski definition) is 1. The van der Waals surface area contributed by atoms with Crippen LogP contribution in [0.4, 0.5) is 11.4 Å². The number of nitro groups is 1. The number of hydrogen-bond acceptors (Lipinski definition) is 7. The molecule has 1 atom stereocenters. The summed E-state index contributed by atoms with van der Waals surface area (Å²) >= 11 is 6.54. The molecule has 0 saturated carbocycles. The van der Waals surface area contributed by atoms with Gasteiger partial charge in [0.1, 0.15) is 18.3 Å². The van der Waals surface area contributed by atoms with E-state index >= 15 is 0 Å². The molecule has 0 saturated heterocycles. The molecule has 4 aromatic rings. The third kappa shape index (κ3) is 9.36. The van der Waals surface area contributed by atoms with E-state index < -0.39 is 39.3 Å². The van der Waals surface area contributed by atoms with Gasteiger partial charge in [-0.1, -0.05) is 80.0 Å². The van der Waals surface area contributed by atoms with Gasteiger partial charge in [0.05, 0.1) is 22.6 Å². The van der Waals surface area contributed by atoms with Crippen LogP contribution >= 0.6 is 11.6 Å². The molecule has 0 bridgehead atoms. The highest BCUT2D eigenvalue weighted by atomic mass is 35.5. The summed E-state index contributed by atoms with van der Waals surface area (Å²) in [6, 6.07) is 24.7. The maximum Gasteiger partial charge on any atom is 0.273 e. The minimum Gasteiger partial charge on any atom is -0.497 e. The Hall–Kier alpha value is -4.94. The molecule has 4 rings (SSSR count). The maximum absolute atomic E-state index is 14.6. The van der Waals surface area contributed by atoms with Crippen molar-refractivity contribution in [2.75, 3.05) is 24.5 Å². The molecule has 0 fully saturated rings. The average Bonchev–Trinajstić information content (AvgIpc) is 3.08. The molecule has 2 amide bonds. The van der Waals surface area contributed by atoms with Crippen molar-refractivity contribution in [3.05, 3.63) is 129 Å². The van der Waals surface area contributed by atoms with Gasteiger partial charge in [-0.2, -0.15) is 0 Å². The van der Waals surface area contributed by atoms with Gasteiger partial charge in [0.2, 0.25) is 11.8 Å². The van der Waals surface area contributed by atoms with Crippen LogP contribution in [0, 0.1) is 23.0 Å². The summed E-state index contributed by atoms with van der Waals surface area (Å²) in [5.74, 6) is -0.528. The maximum atomic E-state index is 14.6. The fourth-order valence-electron chi connectivity index (χ4n) is 5.14. The van der Waals surface area contributed by atoms with E-state index in [1.807, 2.05) is 44.2 Å². The zero-order chi connectivity index (χ0) is 35.7. The largest absolute Gasteiger partial charge is 0.497 e. The summed E-state index contributed by atoms with van der Waals surface area (Å²) in [6.45, 7) is 4.93. The van der Waals surface area contributed by atoms with Crippen LogP contribution in [0.25, 0.3) is 0 Å². The number of nitro benzene ring substituents is 1. The van der Waals surface area contributed by atoms with Crippen molar-refractivity contribution in [2.45, 2.75) is 44.7 Å². The van der Waals surface area contributed by atoms with Crippen LogP contribution in [-0.2, 0) is 32.6 Å². The molecule has 13 heteroatoms. The second-order valence-electron chi connectivity index (χ2n) is 11.9. The summed E-state index contributed by atoms with van der Waals surface area (Å²) in [5, 5.41) is 15.0. The number of amides is 2. The number of sulfonamides is 1. The molecule has 258 valence electrons. The van der Waals surface area contributed by atoms with E-state index in [2.05, 4.69) is 5.32 Å². The highest BCUT2D eigenvalue weighted by Gasteiger charge is 2.35. The van der Waals surface area contributed by atoms with Crippen molar-refractivity contribution in [3.8, 4) is 5.75 Å². The van der Waals surface area contributed by atoms with Crippen LogP contribution in [0.15, 0.2) is 102 Å². The van der Waals surface area contributed by atoms with Crippen molar-refractivity contribution in [3.63, 3.8) is 0 Å². The lowest BCUT2D eigenvalue weighted by molar-refractivity contribution is -0.385. The van der Waals surface area contributed by atoms with Crippen LogP contribution in [0.1, 0.15) is 30.5 Å². The molecule has 0 spiro atoms. The number of ether oxygens (including phenoxy) is 1. The molecule has 0 aliphatic rings. The number of aryl methyl sites for hydroxylation is 1. The number of halogens is 1. The number of nitrogens with one attached hydrogen (secondary N) is 1. The van der Waals surface area contributed by atoms with Crippen LogP contribution < -0.4 is 14.4 Å². The summed E-state index contributed by atoms with van der Waals surface area (Å²) < 4.78 is 34.8. The lowest BCUT2D eigenvalue weighted by Crippen LogP contribution is -2.53. The van der Waals surface area contributed by atoms with E-state index in [1.54, 1.807) is 36.4 Å². The van der Waals surface area contributed by atoms with Gasteiger partial charge in [-0.05, 0) is 60.4 Å². The Kier molecular flexibility index (Phi) is 12.4. The van der Waals surface area contributed by atoms with Gasteiger partial charge in [0, 0.05) is 36.2 Å². The molecule has 11 nitrogen and oxygen atoms in total. The summed E-state index contributed by atoms with van der Waals surface area (Å²) in [7, 11) is -3.11. The van der Waals surface area contributed by atoms with Gasteiger partial charge in [0.25, 0.3) is 15.7 Å². The number of anilines is 1. The normalized spacial score (nSPS) is 11.9. The third-order valence-corrected chi connectivity index (χ3v) is 10.00. The number of benzene rings is 4. The molecular weight excluding hydrogens is 668 g/mol. The zero-order valence-corrected chi connectivity index (χ0v) is 29.3. The topological polar surface area (TPSA) is 139 Å². The monoisotopic (exact) mass is 706 g/mol. The van der Waals surface area contributed by atoms with Crippen LogP contribution in [-0.4, -0.2) is 56.3 Å². The van der Waals surface area contributed by atoms with Crippen molar-refractivity contribution in [1.82, 2.24) is 10.2 Å². The summed E-state index contributed by atoms with van der Waals surface area (Å²) in [4.78, 5) is 40.6. The molecule has 0 heterocycles. The van der Waals surface area contributed by atoms with E-state index in [0.717, 1.165) is 15.9 Å². The Morgan fingerprint density at radius 3 is 2.22 bits per heavy atom. The standard InChI is InChI=1S/C36H39ClN4O7S/c1-25(2)22-38-36(43)34(20-27-10-6-5-7-11-27)39(23-28-12-8-9-13-32(28)37)35(42)24-40(29-15-17-30(48-4)18-16-29)49(46,47)31-19-14-26(3)33(21-31)41(44)45/h5-19,21,25,34H,20,22-24H2,1-4H3,(H,38,43)/t34-/m1/s1. The minimum atomic E-state index is -4.57. The summed E-state index contributed by atoms with van der Waals surface area (Å²) in [5.41, 5.74) is 1.35. The van der Waals surface area contributed by atoms with Gasteiger partial charge >= 0.3 is 0 Å². The van der Waals surface area contributed by atoms with Crippen LogP contribution in [0.3, 0.4) is 0 Å². The highest BCUT2D eigenvalue weighted by molar-refractivity contribution is 7.92. The molecule has 0 aromatic heterocycles. The first-order chi connectivity index (χ1) is 23.3. The van der Waals surface area contributed by atoms with Crippen LogP contribution in [0.5, 0.6) is 5.75 Å². The molecule has 4 aromatic carbocycles. The molecule has 0 radical (unpaired) electrons. The van der Waals surface area contributed by atoms with E-state index in [0.29, 0.717) is 22.9 Å². The van der Waals surface area contributed by atoms with Gasteiger partial charge < -0.3 is 15.0 Å². The van der Waals surface area contributed by atoms with Gasteiger partial charge in [0.15, 0.2) is 0 Å². The third-order valence-electron chi connectivity index (χ3n) is 7.86. The second-order valence-corrected chi connectivity index (χ2v) is 14.1. The van der Waals surface area contributed by atoms with Crippen molar-refractivity contribution >= 4 is 44.8 Å². The van der Waals surface area contributed by atoms with E-state index in [-0.39, 0.29) is 40.7 Å². The Labute approximate surface area is 291 Å². The van der Waals surface area contributed by atoms with Crippen molar-refractivity contribution in [2.24, 2.45) is 5.92 Å². The van der Waals surface area contributed by atoms with Crippen molar-refractivity contribution in [1.29, 1.82) is 0 Å². The van der Waals surface area contributed by atoms with Gasteiger partial charge in [-0.3, -0.25) is 24.0 Å². The Balaban J connectivity index is 1.85. The molecule has 0 aliphatic heterocycles. The van der Waals surface area contributed by atoms with Gasteiger partial charge in [-0.15, -0.1) is 0 Å². The predicted molar refractivity (Wildman–Crippen MR) is 189 cm³/mol. The fraction of sp³-hybridized carbons (Fsp3) is 0.278. The number of nitrogens with zero attached hydrogens (tertiary/aromatic N) is 3. The Morgan fingerprint density at radius 2 is 1.61 bits per heavy atom. The number of carbonyl (C=O) groups excluding carboxylic acids is 2. The summed E-state index contributed by atoms with van der Waals surface area (Å²) in [6.07, 6.45) is 0.139.